The number of hydrogen-bond donors (Lipinski definition) is 1. The summed E-state index contributed by atoms with van der Waals surface area (Å²) >= 11 is 0. The van der Waals surface area contributed by atoms with E-state index in [2.05, 4.69) is 15.5 Å². The van der Waals surface area contributed by atoms with E-state index in [0.717, 1.165) is 22.4 Å². The molecule has 32 heavy (non-hydrogen) atoms. The molecule has 0 saturated carbocycles. The normalized spacial score (nSPS) is 20.2. The number of fused-ring (bicyclic) bond motifs is 1. The maximum absolute atomic E-state index is 13.3. The van der Waals surface area contributed by atoms with Gasteiger partial charge in [-0.05, 0) is 43.7 Å². The number of nitrogens with one attached hydrogen (secondary N) is 1. The summed E-state index contributed by atoms with van der Waals surface area (Å²) in [4.78, 5) is 31.4. The van der Waals surface area contributed by atoms with Gasteiger partial charge in [0.2, 0.25) is 0 Å². The van der Waals surface area contributed by atoms with Crippen LogP contribution in [0, 0.1) is 6.92 Å². The van der Waals surface area contributed by atoms with Gasteiger partial charge in [0.1, 0.15) is 5.54 Å². The molecule has 1 aromatic heterocycles. The van der Waals surface area contributed by atoms with E-state index in [9.17, 15) is 9.59 Å². The molecule has 5 rings (SSSR count). The summed E-state index contributed by atoms with van der Waals surface area (Å²) in [6.07, 6.45) is 0.778. The zero-order valence-electron chi connectivity index (χ0n) is 17.8. The summed E-state index contributed by atoms with van der Waals surface area (Å²) in [5.41, 5.74) is 1.24. The maximum Gasteiger partial charge on any atom is 0.325 e. The molecule has 1 atom stereocenters. The van der Waals surface area contributed by atoms with Crippen LogP contribution in [0.5, 0.6) is 11.5 Å². The Balaban J connectivity index is 1.37. The van der Waals surface area contributed by atoms with Gasteiger partial charge < -0.3 is 19.3 Å². The summed E-state index contributed by atoms with van der Waals surface area (Å²) in [5.74, 6) is 1.35. The van der Waals surface area contributed by atoms with Crippen LogP contribution in [0.4, 0.5) is 4.79 Å². The highest BCUT2D eigenvalue weighted by Gasteiger charge is 2.49. The minimum absolute atomic E-state index is 0.0971. The number of carbonyl (C=O) groups excluding carboxylic acids is 2. The van der Waals surface area contributed by atoms with Gasteiger partial charge >= 0.3 is 6.03 Å². The topological polar surface area (TPSA) is 107 Å². The lowest BCUT2D eigenvalue weighted by Crippen LogP contribution is -2.40. The van der Waals surface area contributed by atoms with Crippen molar-refractivity contribution in [3.63, 3.8) is 0 Å². The molecule has 9 heteroatoms. The molecule has 164 valence electrons. The van der Waals surface area contributed by atoms with E-state index < -0.39 is 17.5 Å². The first-order chi connectivity index (χ1) is 15.4. The number of aryl methyl sites for hydroxylation is 1. The van der Waals surface area contributed by atoms with Crippen molar-refractivity contribution in [3.05, 3.63) is 59.4 Å². The number of amides is 3. The lowest BCUT2D eigenvalue weighted by Gasteiger charge is -2.23. The third kappa shape index (κ3) is 3.45. The molecule has 9 nitrogen and oxygen atoms in total. The molecule has 3 amide bonds. The van der Waals surface area contributed by atoms with E-state index >= 15 is 0 Å². The van der Waals surface area contributed by atoms with Gasteiger partial charge in [0.05, 0.1) is 19.8 Å². The molecule has 1 N–H and O–H groups in total. The number of hydrogen-bond acceptors (Lipinski definition) is 7. The predicted molar refractivity (Wildman–Crippen MR) is 113 cm³/mol. The van der Waals surface area contributed by atoms with Gasteiger partial charge in [-0.3, -0.25) is 9.69 Å². The third-order valence-electron chi connectivity index (χ3n) is 5.67. The van der Waals surface area contributed by atoms with Crippen molar-refractivity contribution in [2.24, 2.45) is 0 Å². The Bertz CT molecular complexity index is 1190. The van der Waals surface area contributed by atoms with Crippen molar-refractivity contribution in [2.45, 2.75) is 32.4 Å². The average molecular weight is 434 g/mol. The molecule has 0 spiro atoms. The molecule has 1 fully saturated rings. The first-order valence-corrected chi connectivity index (χ1v) is 10.4. The van der Waals surface area contributed by atoms with Gasteiger partial charge in [0.25, 0.3) is 11.8 Å². The van der Waals surface area contributed by atoms with Crippen molar-refractivity contribution in [3.8, 4) is 23.0 Å². The van der Waals surface area contributed by atoms with Crippen LogP contribution < -0.4 is 14.8 Å². The van der Waals surface area contributed by atoms with E-state index in [1.165, 1.54) is 0 Å². The minimum Gasteiger partial charge on any atom is -0.490 e. The predicted octanol–water partition coefficient (Wildman–Crippen LogP) is 3.17. The Kier molecular flexibility index (Phi) is 4.80. The summed E-state index contributed by atoms with van der Waals surface area (Å²) < 4.78 is 16.7. The van der Waals surface area contributed by atoms with Gasteiger partial charge in [0, 0.05) is 12.0 Å². The number of urea groups is 1. The van der Waals surface area contributed by atoms with Crippen molar-refractivity contribution < 1.29 is 23.6 Å². The Morgan fingerprint density at radius 1 is 1.06 bits per heavy atom. The van der Waals surface area contributed by atoms with Crippen LogP contribution in [-0.2, 0) is 16.9 Å². The first kappa shape index (κ1) is 20.0. The molecule has 3 heterocycles. The number of carbonyl (C=O) groups is 2. The molecule has 2 aliphatic rings. The Morgan fingerprint density at radius 2 is 1.81 bits per heavy atom. The summed E-state index contributed by atoms with van der Waals surface area (Å²) in [5, 5.41) is 6.73. The first-order valence-electron chi connectivity index (χ1n) is 10.4. The number of ether oxygens (including phenoxy) is 2. The van der Waals surface area contributed by atoms with Crippen LogP contribution in [0.1, 0.15) is 30.3 Å². The fourth-order valence-electron chi connectivity index (χ4n) is 3.78. The second-order valence-corrected chi connectivity index (χ2v) is 8.04. The molecule has 1 saturated heterocycles. The molecule has 0 aliphatic carbocycles. The molecule has 2 aromatic carbocycles. The Labute approximate surface area is 184 Å². The summed E-state index contributed by atoms with van der Waals surface area (Å²) in [6.45, 7) is 4.66. The smallest absolute Gasteiger partial charge is 0.325 e. The lowest BCUT2D eigenvalue weighted by molar-refractivity contribution is -0.131. The van der Waals surface area contributed by atoms with Crippen LogP contribution in [-0.4, -0.2) is 40.2 Å². The maximum atomic E-state index is 13.3. The second kappa shape index (κ2) is 7.67. The number of benzene rings is 2. The molecule has 3 aromatic rings. The van der Waals surface area contributed by atoms with Crippen molar-refractivity contribution >= 4 is 11.9 Å². The van der Waals surface area contributed by atoms with E-state index in [4.69, 9.17) is 14.0 Å². The monoisotopic (exact) mass is 434 g/mol. The van der Waals surface area contributed by atoms with Gasteiger partial charge in [-0.2, -0.15) is 4.98 Å². The van der Waals surface area contributed by atoms with E-state index in [1.54, 1.807) is 25.1 Å². The number of aromatic nitrogens is 2. The van der Waals surface area contributed by atoms with Gasteiger partial charge in [-0.1, -0.05) is 28.9 Å². The molecular weight excluding hydrogens is 412 g/mol. The minimum atomic E-state index is -1.24. The van der Waals surface area contributed by atoms with Crippen LogP contribution in [0.25, 0.3) is 11.5 Å². The molecule has 2 aliphatic heterocycles. The standard InChI is InChI=1S/C23H22N4O5/c1-14-4-6-15(7-5-14)20-24-19(26-32-20)13-27-21(28)23(2,25-22(27)29)16-8-9-17-18(12-16)31-11-3-10-30-17/h4-9,12H,3,10-11,13H2,1-2H3,(H,25,29). The molecule has 0 bridgehead atoms. The van der Waals surface area contributed by atoms with Crippen molar-refractivity contribution in [2.75, 3.05) is 13.2 Å². The lowest BCUT2D eigenvalue weighted by atomic mass is 9.91. The average Bonchev–Trinajstić information content (AvgIpc) is 3.23. The number of nitrogens with zero attached hydrogens (tertiary/aromatic N) is 3. The molecule has 0 radical (unpaired) electrons. The zero-order valence-corrected chi connectivity index (χ0v) is 17.8. The van der Waals surface area contributed by atoms with Crippen LogP contribution in [0.15, 0.2) is 47.0 Å². The summed E-state index contributed by atoms with van der Waals surface area (Å²) in [7, 11) is 0. The fourth-order valence-corrected chi connectivity index (χ4v) is 3.78. The van der Waals surface area contributed by atoms with E-state index in [0.29, 0.717) is 36.2 Å². The van der Waals surface area contributed by atoms with Crippen LogP contribution >= 0.6 is 0 Å². The van der Waals surface area contributed by atoms with Gasteiger partial charge in [-0.15, -0.1) is 0 Å². The van der Waals surface area contributed by atoms with Crippen LogP contribution in [0.3, 0.4) is 0 Å². The highest BCUT2D eigenvalue weighted by Crippen LogP contribution is 2.37. The summed E-state index contributed by atoms with van der Waals surface area (Å²) in [6, 6.07) is 12.4. The quantitative estimate of drug-likeness (QED) is 0.629. The zero-order chi connectivity index (χ0) is 22.3. The van der Waals surface area contributed by atoms with E-state index in [1.807, 2.05) is 31.2 Å². The SMILES string of the molecule is Cc1ccc(-c2nc(CN3C(=O)NC(C)(c4ccc5c(c4)OCCCO5)C3=O)no2)cc1. The van der Waals surface area contributed by atoms with Crippen LogP contribution in [0.2, 0.25) is 0 Å². The van der Waals surface area contributed by atoms with Gasteiger partial charge in [0.15, 0.2) is 17.3 Å². The number of rotatable bonds is 4. The Hall–Kier alpha value is -3.88. The Morgan fingerprint density at radius 3 is 2.59 bits per heavy atom. The fraction of sp³-hybridized carbons (Fsp3) is 0.304. The van der Waals surface area contributed by atoms with E-state index in [-0.39, 0.29) is 12.4 Å². The largest absolute Gasteiger partial charge is 0.490 e. The van der Waals surface area contributed by atoms with Crippen molar-refractivity contribution in [1.82, 2.24) is 20.4 Å². The van der Waals surface area contributed by atoms with Crippen molar-refractivity contribution in [1.29, 1.82) is 0 Å². The highest BCUT2D eigenvalue weighted by atomic mass is 16.5. The highest BCUT2D eigenvalue weighted by molar-refractivity contribution is 6.07. The van der Waals surface area contributed by atoms with Gasteiger partial charge in [-0.25, -0.2) is 4.79 Å². The second-order valence-electron chi connectivity index (χ2n) is 8.04. The number of imide groups is 1. The molecular formula is C23H22N4O5. The molecule has 1 unspecified atom stereocenters. The third-order valence-corrected chi connectivity index (χ3v) is 5.67.